The van der Waals surface area contributed by atoms with Crippen LogP contribution < -0.4 is 16.0 Å². The minimum atomic E-state index is -0.574. The lowest BCUT2D eigenvalue weighted by Crippen LogP contribution is -2.19. The number of methoxy groups -OCH3 is 1. The van der Waals surface area contributed by atoms with Crippen LogP contribution in [0.4, 0.5) is 26.1 Å². The van der Waals surface area contributed by atoms with Gasteiger partial charge in [0.2, 0.25) is 0 Å². The Hall–Kier alpha value is -2.61. The molecule has 0 aliphatic carbocycles. The van der Waals surface area contributed by atoms with E-state index in [1.54, 1.807) is 24.3 Å². The van der Waals surface area contributed by atoms with E-state index in [1.807, 2.05) is 12.3 Å². The van der Waals surface area contributed by atoms with E-state index >= 15 is 0 Å². The zero-order valence-electron chi connectivity index (χ0n) is 11.5. The highest BCUT2D eigenvalue weighted by atomic mass is 32.1. The average molecular weight is 306 g/mol. The number of carbonyl (C=O) groups is 2. The van der Waals surface area contributed by atoms with Crippen molar-refractivity contribution in [1.29, 1.82) is 0 Å². The molecule has 0 fully saturated rings. The summed E-state index contributed by atoms with van der Waals surface area (Å²) in [5.41, 5.74) is 1.90. The first-order valence-corrected chi connectivity index (χ1v) is 6.90. The van der Waals surface area contributed by atoms with Crippen molar-refractivity contribution in [2.45, 2.75) is 6.92 Å². The van der Waals surface area contributed by atoms with Gasteiger partial charge in [0.1, 0.15) is 0 Å². The lowest BCUT2D eigenvalue weighted by molar-refractivity contribution is 0.187. The van der Waals surface area contributed by atoms with E-state index in [0.29, 0.717) is 16.5 Å². The molecular formula is C13H14N4O3S. The smallest absolute Gasteiger partial charge is 0.411 e. The number of rotatable bonds is 3. The SMILES string of the molecule is COC(=O)Nc1cccc(NC(=O)Nc2nc(C)cs2)c1. The van der Waals surface area contributed by atoms with Crippen LogP contribution >= 0.6 is 11.3 Å². The summed E-state index contributed by atoms with van der Waals surface area (Å²) in [6, 6.07) is 6.30. The molecular weight excluding hydrogens is 292 g/mol. The Morgan fingerprint density at radius 1 is 1.19 bits per heavy atom. The molecule has 2 rings (SSSR count). The average Bonchev–Trinajstić information content (AvgIpc) is 2.84. The first kappa shape index (κ1) is 14.8. The number of nitrogens with zero attached hydrogens (tertiary/aromatic N) is 1. The number of amides is 3. The molecule has 1 aromatic carbocycles. The molecule has 0 saturated carbocycles. The van der Waals surface area contributed by atoms with E-state index in [-0.39, 0.29) is 0 Å². The second-order valence-corrected chi connectivity index (χ2v) is 4.93. The van der Waals surface area contributed by atoms with Gasteiger partial charge in [0, 0.05) is 16.8 Å². The van der Waals surface area contributed by atoms with Gasteiger partial charge < -0.3 is 10.1 Å². The molecule has 1 aromatic heterocycles. The fraction of sp³-hybridized carbons (Fsp3) is 0.154. The number of benzene rings is 1. The van der Waals surface area contributed by atoms with Gasteiger partial charge in [-0.2, -0.15) is 0 Å². The molecule has 0 spiro atoms. The molecule has 0 bridgehead atoms. The maximum atomic E-state index is 11.8. The van der Waals surface area contributed by atoms with Gasteiger partial charge in [-0.15, -0.1) is 11.3 Å². The summed E-state index contributed by atoms with van der Waals surface area (Å²) >= 11 is 1.35. The van der Waals surface area contributed by atoms with Crippen LogP contribution in [0.15, 0.2) is 29.6 Å². The van der Waals surface area contributed by atoms with Gasteiger partial charge in [-0.3, -0.25) is 10.6 Å². The van der Waals surface area contributed by atoms with Gasteiger partial charge in [0.25, 0.3) is 0 Å². The third-order valence-corrected chi connectivity index (χ3v) is 3.27. The molecule has 21 heavy (non-hydrogen) atoms. The van der Waals surface area contributed by atoms with E-state index in [0.717, 1.165) is 5.69 Å². The van der Waals surface area contributed by atoms with E-state index in [1.165, 1.54) is 18.4 Å². The predicted molar refractivity (Wildman–Crippen MR) is 82.0 cm³/mol. The van der Waals surface area contributed by atoms with Crippen molar-refractivity contribution in [3.05, 3.63) is 35.3 Å². The normalized spacial score (nSPS) is 9.81. The van der Waals surface area contributed by atoms with Crippen LogP contribution in [-0.2, 0) is 4.74 Å². The number of aryl methyl sites for hydroxylation is 1. The lowest BCUT2D eigenvalue weighted by atomic mass is 10.3. The fourth-order valence-corrected chi connectivity index (χ4v) is 2.20. The summed E-state index contributed by atoms with van der Waals surface area (Å²) in [4.78, 5) is 27.1. The van der Waals surface area contributed by atoms with Crippen molar-refractivity contribution in [1.82, 2.24) is 4.98 Å². The van der Waals surface area contributed by atoms with Gasteiger partial charge in [-0.1, -0.05) is 6.07 Å². The molecule has 0 saturated heterocycles. The second-order valence-electron chi connectivity index (χ2n) is 4.07. The number of nitrogens with one attached hydrogen (secondary N) is 3. The van der Waals surface area contributed by atoms with E-state index in [2.05, 4.69) is 25.7 Å². The van der Waals surface area contributed by atoms with E-state index < -0.39 is 12.1 Å². The van der Waals surface area contributed by atoms with Gasteiger partial charge in [-0.25, -0.2) is 14.6 Å². The summed E-state index contributed by atoms with van der Waals surface area (Å²) in [6.07, 6.45) is -0.574. The molecule has 1 heterocycles. The Balaban J connectivity index is 1.97. The topological polar surface area (TPSA) is 92.4 Å². The predicted octanol–water partition coefficient (Wildman–Crippen LogP) is 3.27. The first-order chi connectivity index (χ1) is 10.1. The van der Waals surface area contributed by atoms with E-state index in [4.69, 9.17) is 0 Å². The maximum absolute atomic E-state index is 11.8. The molecule has 0 aliphatic heterocycles. The van der Waals surface area contributed by atoms with Crippen LogP contribution in [0.5, 0.6) is 0 Å². The Kier molecular flexibility index (Phi) is 4.72. The Labute approximate surface area is 125 Å². The number of urea groups is 1. The molecule has 3 amide bonds. The molecule has 110 valence electrons. The Morgan fingerprint density at radius 3 is 2.52 bits per heavy atom. The summed E-state index contributed by atoms with van der Waals surface area (Å²) in [5, 5.41) is 10.2. The van der Waals surface area contributed by atoms with Crippen LogP contribution in [0.1, 0.15) is 5.69 Å². The highest BCUT2D eigenvalue weighted by Crippen LogP contribution is 2.17. The quantitative estimate of drug-likeness (QED) is 0.811. The fourth-order valence-electron chi connectivity index (χ4n) is 1.51. The summed E-state index contributed by atoms with van der Waals surface area (Å²) < 4.78 is 4.50. The Morgan fingerprint density at radius 2 is 1.90 bits per heavy atom. The number of ether oxygens (including phenoxy) is 1. The molecule has 0 unspecified atom stereocenters. The number of hydrogen-bond acceptors (Lipinski definition) is 5. The molecule has 0 atom stereocenters. The van der Waals surface area contributed by atoms with Gasteiger partial charge >= 0.3 is 12.1 Å². The standard InChI is InChI=1S/C13H14N4O3S/c1-8-7-21-12(14-8)17-11(18)15-9-4-3-5-10(6-9)16-13(19)20-2/h3-7H,1-2H3,(H,16,19)(H2,14,15,17,18). The number of anilines is 3. The van der Waals surface area contributed by atoms with Crippen molar-refractivity contribution >= 4 is 40.0 Å². The maximum Gasteiger partial charge on any atom is 0.411 e. The number of thiazole rings is 1. The van der Waals surface area contributed by atoms with Crippen molar-refractivity contribution in [2.24, 2.45) is 0 Å². The monoisotopic (exact) mass is 306 g/mol. The molecule has 0 radical (unpaired) electrons. The van der Waals surface area contributed by atoms with Gasteiger partial charge in [0.15, 0.2) is 5.13 Å². The summed E-state index contributed by atoms with van der Waals surface area (Å²) in [7, 11) is 1.28. The highest BCUT2D eigenvalue weighted by molar-refractivity contribution is 7.13. The van der Waals surface area contributed by atoms with Crippen molar-refractivity contribution in [3.63, 3.8) is 0 Å². The second kappa shape index (κ2) is 6.71. The van der Waals surface area contributed by atoms with Crippen molar-refractivity contribution in [2.75, 3.05) is 23.1 Å². The van der Waals surface area contributed by atoms with Crippen molar-refractivity contribution in [3.8, 4) is 0 Å². The Bertz CT molecular complexity index is 656. The number of aromatic nitrogens is 1. The lowest BCUT2D eigenvalue weighted by Gasteiger charge is -2.08. The van der Waals surface area contributed by atoms with Crippen LogP contribution in [0.25, 0.3) is 0 Å². The van der Waals surface area contributed by atoms with E-state index in [9.17, 15) is 9.59 Å². The zero-order valence-corrected chi connectivity index (χ0v) is 12.3. The number of carbonyl (C=O) groups excluding carboxylic acids is 2. The molecule has 8 heteroatoms. The summed E-state index contributed by atoms with van der Waals surface area (Å²) in [5.74, 6) is 0. The third kappa shape index (κ3) is 4.46. The van der Waals surface area contributed by atoms with Gasteiger partial charge in [0.05, 0.1) is 12.8 Å². The molecule has 2 aromatic rings. The zero-order chi connectivity index (χ0) is 15.2. The minimum Gasteiger partial charge on any atom is -0.453 e. The largest absolute Gasteiger partial charge is 0.453 e. The van der Waals surface area contributed by atoms with Crippen LogP contribution in [0.2, 0.25) is 0 Å². The van der Waals surface area contributed by atoms with Gasteiger partial charge in [-0.05, 0) is 25.1 Å². The third-order valence-electron chi connectivity index (χ3n) is 2.39. The molecule has 7 nitrogen and oxygen atoms in total. The minimum absolute atomic E-state index is 0.403. The van der Waals surface area contributed by atoms with Crippen LogP contribution in [-0.4, -0.2) is 24.2 Å². The molecule has 0 aliphatic rings. The van der Waals surface area contributed by atoms with Crippen LogP contribution in [0, 0.1) is 6.92 Å². The highest BCUT2D eigenvalue weighted by Gasteiger charge is 2.07. The summed E-state index contributed by atoms with van der Waals surface area (Å²) in [6.45, 7) is 1.85. The first-order valence-electron chi connectivity index (χ1n) is 6.02. The van der Waals surface area contributed by atoms with Crippen LogP contribution in [0.3, 0.4) is 0 Å². The van der Waals surface area contributed by atoms with Crippen molar-refractivity contribution < 1.29 is 14.3 Å². The molecule has 3 N–H and O–H groups in total. The number of hydrogen-bond donors (Lipinski definition) is 3.